The van der Waals surface area contributed by atoms with Crippen molar-refractivity contribution in [2.24, 2.45) is 10.3 Å². The van der Waals surface area contributed by atoms with E-state index in [1.807, 2.05) is 24.3 Å². The minimum atomic E-state index is -0.440. The summed E-state index contributed by atoms with van der Waals surface area (Å²) in [7, 11) is 0. The van der Waals surface area contributed by atoms with Crippen LogP contribution in [0.2, 0.25) is 0 Å². The van der Waals surface area contributed by atoms with E-state index in [1.54, 1.807) is 21.1 Å². The average Bonchev–Trinajstić information content (AvgIpc) is 3.21. The Bertz CT molecular complexity index is 1040. The summed E-state index contributed by atoms with van der Waals surface area (Å²) in [4.78, 5) is 22.9. The van der Waals surface area contributed by atoms with Crippen molar-refractivity contribution in [3.05, 3.63) is 69.0 Å². The normalized spacial score (nSPS) is 16.6. The molecule has 3 aromatic rings. The van der Waals surface area contributed by atoms with Crippen LogP contribution >= 0.6 is 11.5 Å². The molecule has 1 aliphatic heterocycles. The van der Waals surface area contributed by atoms with E-state index >= 15 is 0 Å². The maximum Gasteiger partial charge on any atom is 0.271 e. The molecule has 0 N–H and O–H groups in total. The standard InChI is InChI=1S/C16H13N5O3S/c22-16-14-6-1-2-7-15(14)25-20(16)10-11-9-19(18-17-11)12-4-3-5-13(8-12)21(23)24/h1-8,11H,9-10H2. The Balaban J connectivity index is 1.52. The number of fused-ring (bicyclic) bond motifs is 1. The van der Waals surface area contributed by atoms with Crippen molar-refractivity contribution >= 4 is 33.0 Å². The molecule has 8 nitrogen and oxygen atoms in total. The second-order valence-corrected chi connectivity index (χ2v) is 6.73. The van der Waals surface area contributed by atoms with Crippen molar-refractivity contribution < 1.29 is 4.92 Å². The van der Waals surface area contributed by atoms with Crippen LogP contribution in [-0.2, 0) is 6.54 Å². The molecule has 0 aliphatic carbocycles. The number of aromatic nitrogens is 1. The Morgan fingerprint density at radius 2 is 2.08 bits per heavy atom. The van der Waals surface area contributed by atoms with E-state index in [1.165, 1.54) is 23.7 Å². The zero-order valence-electron chi connectivity index (χ0n) is 13.0. The monoisotopic (exact) mass is 355 g/mol. The highest BCUT2D eigenvalue weighted by Crippen LogP contribution is 2.25. The molecule has 0 radical (unpaired) electrons. The predicted molar refractivity (Wildman–Crippen MR) is 95.2 cm³/mol. The quantitative estimate of drug-likeness (QED) is 0.530. The molecule has 0 fully saturated rings. The van der Waals surface area contributed by atoms with Gasteiger partial charge in [-0.3, -0.25) is 18.9 Å². The van der Waals surface area contributed by atoms with Crippen molar-refractivity contribution in [3.63, 3.8) is 0 Å². The summed E-state index contributed by atoms with van der Waals surface area (Å²) in [6.07, 6.45) is 0. The van der Waals surface area contributed by atoms with Gasteiger partial charge in [-0.1, -0.05) is 35.0 Å². The Labute approximate surface area is 145 Å². The molecular weight excluding hydrogens is 342 g/mol. The maximum absolute atomic E-state index is 12.4. The van der Waals surface area contributed by atoms with Crippen LogP contribution in [0.15, 0.2) is 63.7 Å². The van der Waals surface area contributed by atoms with E-state index in [0.717, 1.165) is 4.70 Å². The van der Waals surface area contributed by atoms with E-state index in [-0.39, 0.29) is 17.3 Å². The van der Waals surface area contributed by atoms with Gasteiger partial charge in [-0.05, 0) is 18.2 Å². The van der Waals surface area contributed by atoms with Gasteiger partial charge < -0.3 is 0 Å². The van der Waals surface area contributed by atoms with Crippen LogP contribution in [0.5, 0.6) is 0 Å². The number of hydrogen-bond donors (Lipinski definition) is 0. The number of non-ortho nitro benzene ring substituents is 1. The van der Waals surface area contributed by atoms with Crippen LogP contribution in [0.25, 0.3) is 10.1 Å². The Morgan fingerprint density at radius 3 is 2.88 bits per heavy atom. The molecule has 4 rings (SSSR count). The molecule has 0 saturated heterocycles. The fourth-order valence-electron chi connectivity index (χ4n) is 2.76. The number of anilines is 1. The Morgan fingerprint density at radius 1 is 1.24 bits per heavy atom. The molecule has 25 heavy (non-hydrogen) atoms. The number of nitro groups is 1. The van der Waals surface area contributed by atoms with Gasteiger partial charge in [0.15, 0.2) is 0 Å². The lowest BCUT2D eigenvalue weighted by Gasteiger charge is -2.13. The first kappa shape index (κ1) is 15.5. The molecule has 9 heteroatoms. The zero-order chi connectivity index (χ0) is 17.4. The topological polar surface area (TPSA) is 93.1 Å². The molecule has 0 spiro atoms. The van der Waals surface area contributed by atoms with Gasteiger partial charge in [0.2, 0.25) is 0 Å². The summed E-state index contributed by atoms with van der Waals surface area (Å²) < 4.78 is 2.63. The third-order valence-corrected chi connectivity index (χ3v) is 5.06. The van der Waals surface area contributed by atoms with Crippen LogP contribution < -0.4 is 10.6 Å². The van der Waals surface area contributed by atoms with Gasteiger partial charge in [-0.15, -0.1) is 0 Å². The number of nitro benzene ring substituents is 1. The van der Waals surface area contributed by atoms with Crippen molar-refractivity contribution in [1.29, 1.82) is 0 Å². The largest absolute Gasteiger partial charge is 0.271 e. The highest BCUT2D eigenvalue weighted by Gasteiger charge is 2.23. The first-order valence-corrected chi connectivity index (χ1v) is 8.41. The van der Waals surface area contributed by atoms with Crippen LogP contribution in [-0.4, -0.2) is 21.5 Å². The third-order valence-electron chi connectivity index (χ3n) is 3.97. The molecule has 126 valence electrons. The fraction of sp³-hybridized carbons (Fsp3) is 0.188. The molecule has 2 heterocycles. The molecule has 1 aliphatic rings. The summed E-state index contributed by atoms with van der Waals surface area (Å²) in [5.74, 6) is 0. The molecule has 0 saturated carbocycles. The summed E-state index contributed by atoms with van der Waals surface area (Å²) in [5.41, 5.74) is 0.602. The molecule has 1 aromatic heterocycles. The summed E-state index contributed by atoms with van der Waals surface area (Å²) in [6, 6.07) is 13.6. The second-order valence-electron chi connectivity index (χ2n) is 5.67. The first-order chi connectivity index (χ1) is 12.1. The number of rotatable bonds is 4. The molecule has 2 aromatic carbocycles. The Hall–Kier alpha value is -3.07. The van der Waals surface area contributed by atoms with Gasteiger partial charge in [0.1, 0.15) is 6.04 Å². The number of benzene rings is 2. The van der Waals surface area contributed by atoms with Crippen LogP contribution in [0, 0.1) is 10.1 Å². The summed E-state index contributed by atoms with van der Waals surface area (Å²) in [5, 5.41) is 21.5. The van der Waals surface area contributed by atoms with Crippen molar-refractivity contribution in [2.45, 2.75) is 12.6 Å². The maximum atomic E-state index is 12.4. The van der Waals surface area contributed by atoms with E-state index in [0.29, 0.717) is 24.2 Å². The zero-order valence-corrected chi connectivity index (χ0v) is 13.8. The number of hydrogen-bond acceptors (Lipinski definition) is 7. The van der Waals surface area contributed by atoms with Gasteiger partial charge in [0.25, 0.3) is 11.2 Å². The van der Waals surface area contributed by atoms with Gasteiger partial charge >= 0.3 is 0 Å². The third kappa shape index (κ3) is 2.89. The van der Waals surface area contributed by atoms with E-state index < -0.39 is 4.92 Å². The van der Waals surface area contributed by atoms with E-state index in [9.17, 15) is 14.9 Å². The molecular formula is C16H13N5O3S. The SMILES string of the molecule is O=c1c2ccccc2sn1CC1CN(c2cccc([N+](=O)[O-])c2)N=N1. The predicted octanol–water partition coefficient (Wildman–Crippen LogP) is 3.23. The average molecular weight is 355 g/mol. The lowest BCUT2D eigenvalue weighted by Crippen LogP contribution is -2.27. The van der Waals surface area contributed by atoms with Crippen LogP contribution in [0.3, 0.4) is 0 Å². The van der Waals surface area contributed by atoms with Crippen LogP contribution in [0.1, 0.15) is 0 Å². The van der Waals surface area contributed by atoms with Crippen LogP contribution in [0.4, 0.5) is 11.4 Å². The minimum Gasteiger partial charge on any atom is -0.268 e. The highest BCUT2D eigenvalue weighted by molar-refractivity contribution is 7.13. The van der Waals surface area contributed by atoms with E-state index in [2.05, 4.69) is 10.3 Å². The highest BCUT2D eigenvalue weighted by atomic mass is 32.1. The fourth-order valence-corrected chi connectivity index (χ4v) is 3.81. The summed E-state index contributed by atoms with van der Waals surface area (Å²) in [6.45, 7) is 0.912. The van der Waals surface area contributed by atoms with Gasteiger partial charge in [0.05, 0.1) is 33.8 Å². The molecule has 1 atom stereocenters. The van der Waals surface area contributed by atoms with Gasteiger partial charge in [-0.2, -0.15) is 5.11 Å². The molecule has 0 bridgehead atoms. The first-order valence-electron chi connectivity index (χ1n) is 7.63. The number of nitrogens with zero attached hydrogens (tertiary/aromatic N) is 5. The molecule has 1 unspecified atom stereocenters. The van der Waals surface area contributed by atoms with E-state index in [4.69, 9.17) is 0 Å². The van der Waals surface area contributed by atoms with Crippen molar-refractivity contribution in [2.75, 3.05) is 11.6 Å². The minimum absolute atomic E-state index is 0.0110. The van der Waals surface area contributed by atoms with Crippen molar-refractivity contribution in [3.8, 4) is 0 Å². The van der Waals surface area contributed by atoms with Crippen molar-refractivity contribution in [1.82, 2.24) is 3.96 Å². The van der Waals surface area contributed by atoms with Gasteiger partial charge in [0, 0.05) is 12.1 Å². The van der Waals surface area contributed by atoms with Gasteiger partial charge in [-0.25, -0.2) is 5.01 Å². The smallest absolute Gasteiger partial charge is 0.268 e. The summed E-state index contributed by atoms with van der Waals surface area (Å²) >= 11 is 1.41. The molecule has 0 amide bonds. The lowest BCUT2D eigenvalue weighted by atomic mass is 10.2. The Kier molecular flexibility index (Phi) is 3.77. The lowest BCUT2D eigenvalue weighted by molar-refractivity contribution is -0.384. The second kappa shape index (κ2) is 6.10.